The molecule has 0 amide bonds. The van der Waals surface area contributed by atoms with Crippen LogP contribution in [0.25, 0.3) is 0 Å². The Morgan fingerprint density at radius 3 is 2.82 bits per heavy atom. The van der Waals surface area contributed by atoms with Crippen molar-refractivity contribution in [3.05, 3.63) is 23.8 Å². The molecule has 59 valence electrons. The Kier molecular flexibility index (Phi) is 2.58. The van der Waals surface area contributed by atoms with E-state index in [-0.39, 0.29) is 0 Å². The first-order valence-corrected chi connectivity index (χ1v) is 3.98. The Labute approximate surface area is 67.7 Å². The van der Waals surface area contributed by atoms with Crippen LogP contribution >= 0.6 is 0 Å². The van der Waals surface area contributed by atoms with Gasteiger partial charge in [-0.25, -0.2) is 9.97 Å². The molecule has 1 heterocycles. The number of aromatic nitrogens is 2. The summed E-state index contributed by atoms with van der Waals surface area (Å²) in [7, 11) is 0. The van der Waals surface area contributed by atoms with Crippen LogP contribution < -0.4 is 0 Å². The first-order chi connectivity index (χ1) is 5.24. The molecule has 0 spiro atoms. The molecule has 2 nitrogen and oxygen atoms in total. The summed E-state index contributed by atoms with van der Waals surface area (Å²) in [5, 5.41) is 0. The summed E-state index contributed by atoms with van der Waals surface area (Å²) in [4.78, 5) is 8.40. The van der Waals surface area contributed by atoms with Crippen molar-refractivity contribution in [2.75, 3.05) is 0 Å². The van der Waals surface area contributed by atoms with E-state index < -0.39 is 0 Å². The van der Waals surface area contributed by atoms with Gasteiger partial charge in [-0.05, 0) is 12.5 Å². The maximum absolute atomic E-state index is 4.35. The molecule has 0 unspecified atom stereocenters. The third-order valence-corrected chi connectivity index (χ3v) is 1.55. The van der Waals surface area contributed by atoms with Gasteiger partial charge in [0.25, 0.3) is 0 Å². The monoisotopic (exact) mass is 149 g/mol. The van der Waals surface area contributed by atoms with Crippen LogP contribution in [0.1, 0.15) is 38.2 Å². The number of hydrogen-bond acceptors (Lipinski definition) is 2. The fraction of sp³-hybridized carbons (Fsp3) is 0.556. The zero-order chi connectivity index (χ0) is 8.27. The Balaban J connectivity index is 2.91. The highest BCUT2D eigenvalue weighted by atomic mass is 14.9. The summed E-state index contributed by atoms with van der Waals surface area (Å²) in [5.74, 6) is 1.29. The SMILES string of the molecule is CCc1c[c]nc(C(C)C)n1. The molecule has 1 radical (unpaired) electrons. The van der Waals surface area contributed by atoms with E-state index in [1.807, 2.05) is 6.07 Å². The van der Waals surface area contributed by atoms with Gasteiger partial charge in [-0.3, -0.25) is 0 Å². The van der Waals surface area contributed by atoms with Crippen LogP contribution in [0.4, 0.5) is 0 Å². The van der Waals surface area contributed by atoms with Gasteiger partial charge in [0.15, 0.2) is 0 Å². The molecule has 0 atom stereocenters. The standard InChI is InChI=1S/C9H13N2/c1-4-8-5-6-10-9(11-8)7(2)3/h5,7H,4H2,1-3H3. The molecular weight excluding hydrogens is 136 g/mol. The zero-order valence-electron chi connectivity index (χ0n) is 7.26. The Bertz CT molecular complexity index is 231. The highest BCUT2D eigenvalue weighted by molar-refractivity contribution is 5.03. The molecule has 0 aliphatic heterocycles. The maximum Gasteiger partial charge on any atom is 0.131 e. The number of aryl methyl sites for hydroxylation is 1. The fourth-order valence-electron chi connectivity index (χ4n) is 0.817. The van der Waals surface area contributed by atoms with E-state index in [1.54, 1.807) is 0 Å². The average molecular weight is 149 g/mol. The Morgan fingerprint density at radius 2 is 2.27 bits per heavy atom. The summed E-state index contributed by atoms with van der Waals surface area (Å²) >= 11 is 0. The molecule has 0 saturated heterocycles. The summed E-state index contributed by atoms with van der Waals surface area (Å²) in [5.41, 5.74) is 1.07. The molecule has 0 bridgehead atoms. The van der Waals surface area contributed by atoms with E-state index in [0.29, 0.717) is 5.92 Å². The smallest absolute Gasteiger partial charge is 0.131 e. The quantitative estimate of drug-likeness (QED) is 0.642. The first kappa shape index (κ1) is 8.18. The van der Waals surface area contributed by atoms with Crippen molar-refractivity contribution in [2.45, 2.75) is 33.1 Å². The molecule has 2 heteroatoms. The Hall–Kier alpha value is -0.920. The van der Waals surface area contributed by atoms with Crippen molar-refractivity contribution >= 4 is 0 Å². The molecule has 0 fully saturated rings. The molecule has 1 aromatic rings. The summed E-state index contributed by atoms with van der Waals surface area (Å²) in [6, 6.07) is 1.84. The largest absolute Gasteiger partial charge is 0.238 e. The summed E-state index contributed by atoms with van der Waals surface area (Å²) in [6.07, 6.45) is 3.81. The summed E-state index contributed by atoms with van der Waals surface area (Å²) in [6.45, 7) is 6.26. The van der Waals surface area contributed by atoms with Gasteiger partial charge in [0.05, 0.1) is 6.20 Å². The van der Waals surface area contributed by atoms with E-state index in [2.05, 4.69) is 36.9 Å². The van der Waals surface area contributed by atoms with Gasteiger partial charge < -0.3 is 0 Å². The highest BCUT2D eigenvalue weighted by Crippen LogP contribution is 2.07. The summed E-state index contributed by atoms with van der Waals surface area (Å²) < 4.78 is 0. The molecule has 0 aliphatic rings. The predicted molar refractivity (Wildman–Crippen MR) is 44.3 cm³/mol. The molecule has 1 aromatic heterocycles. The van der Waals surface area contributed by atoms with Gasteiger partial charge in [-0.2, -0.15) is 0 Å². The molecule has 1 rings (SSSR count). The first-order valence-electron chi connectivity index (χ1n) is 3.98. The van der Waals surface area contributed by atoms with Crippen molar-refractivity contribution in [2.24, 2.45) is 0 Å². The molecular formula is C9H13N2. The lowest BCUT2D eigenvalue weighted by Gasteiger charge is -2.02. The van der Waals surface area contributed by atoms with Crippen LogP contribution in [-0.4, -0.2) is 9.97 Å². The second kappa shape index (κ2) is 3.46. The van der Waals surface area contributed by atoms with E-state index >= 15 is 0 Å². The number of nitrogens with zero attached hydrogens (tertiary/aromatic N) is 2. The van der Waals surface area contributed by atoms with Crippen LogP contribution in [0, 0.1) is 6.20 Å². The van der Waals surface area contributed by atoms with E-state index in [4.69, 9.17) is 0 Å². The van der Waals surface area contributed by atoms with Crippen LogP contribution in [0.3, 0.4) is 0 Å². The van der Waals surface area contributed by atoms with Gasteiger partial charge in [0.2, 0.25) is 0 Å². The van der Waals surface area contributed by atoms with Crippen LogP contribution in [0.5, 0.6) is 0 Å². The minimum Gasteiger partial charge on any atom is -0.238 e. The third-order valence-electron chi connectivity index (χ3n) is 1.55. The number of rotatable bonds is 2. The maximum atomic E-state index is 4.35. The van der Waals surface area contributed by atoms with Crippen molar-refractivity contribution in [1.82, 2.24) is 9.97 Å². The topological polar surface area (TPSA) is 25.8 Å². The highest BCUT2D eigenvalue weighted by Gasteiger charge is 2.01. The minimum atomic E-state index is 0.401. The normalized spacial score (nSPS) is 10.5. The van der Waals surface area contributed by atoms with Crippen LogP contribution in [0.15, 0.2) is 6.07 Å². The van der Waals surface area contributed by atoms with Gasteiger partial charge in [0, 0.05) is 11.6 Å². The predicted octanol–water partition coefficient (Wildman–Crippen LogP) is 1.96. The van der Waals surface area contributed by atoms with Crippen molar-refractivity contribution < 1.29 is 0 Å². The van der Waals surface area contributed by atoms with Crippen LogP contribution in [0.2, 0.25) is 0 Å². The third kappa shape index (κ3) is 2.00. The van der Waals surface area contributed by atoms with Crippen molar-refractivity contribution in [1.29, 1.82) is 0 Å². The second-order valence-corrected chi connectivity index (χ2v) is 2.85. The molecule has 0 saturated carbocycles. The van der Waals surface area contributed by atoms with Gasteiger partial charge in [-0.15, -0.1) is 0 Å². The van der Waals surface area contributed by atoms with Gasteiger partial charge in [0.1, 0.15) is 5.82 Å². The zero-order valence-corrected chi connectivity index (χ0v) is 7.26. The van der Waals surface area contributed by atoms with Crippen molar-refractivity contribution in [3.8, 4) is 0 Å². The molecule has 0 aliphatic carbocycles. The van der Waals surface area contributed by atoms with Crippen LogP contribution in [-0.2, 0) is 6.42 Å². The molecule has 0 aromatic carbocycles. The molecule has 0 N–H and O–H groups in total. The van der Waals surface area contributed by atoms with E-state index in [1.165, 1.54) is 0 Å². The Morgan fingerprint density at radius 1 is 1.55 bits per heavy atom. The lowest BCUT2D eigenvalue weighted by Crippen LogP contribution is -1.99. The second-order valence-electron chi connectivity index (χ2n) is 2.85. The minimum absolute atomic E-state index is 0.401. The molecule has 11 heavy (non-hydrogen) atoms. The van der Waals surface area contributed by atoms with Gasteiger partial charge in [-0.1, -0.05) is 20.8 Å². The van der Waals surface area contributed by atoms with E-state index in [0.717, 1.165) is 17.9 Å². The lowest BCUT2D eigenvalue weighted by atomic mass is 10.2. The van der Waals surface area contributed by atoms with Gasteiger partial charge >= 0.3 is 0 Å². The average Bonchev–Trinajstić information content (AvgIpc) is 2.05. The van der Waals surface area contributed by atoms with E-state index in [9.17, 15) is 0 Å². The van der Waals surface area contributed by atoms with Crippen molar-refractivity contribution in [3.63, 3.8) is 0 Å². The lowest BCUT2D eigenvalue weighted by molar-refractivity contribution is 0.757. The number of hydrogen-bond donors (Lipinski definition) is 0. The fourth-order valence-corrected chi connectivity index (χ4v) is 0.817.